The van der Waals surface area contributed by atoms with Crippen molar-refractivity contribution in [2.75, 3.05) is 19.6 Å². The number of carbonyl (C=O) groups is 7. The predicted molar refractivity (Wildman–Crippen MR) is 417 cm³/mol. The molecule has 102 heavy (non-hydrogen) atoms. The second kappa shape index (κ2) is 87.2. The molecule has 2 aromatic carbocycles. The van der Waals surface area contributed by atoms with Crippen LogP contribution in [0, 0.1) is 5.92 Å². The van der Waals surface area contributed by atoms with Crippen LogP contribution in [-0.4, -0.2) is 156 Å². The summed E-state index contributed by atoms with van der Waals surface area (Å²) in [5, 5.41) is 48.2. The average Bonchev–Trinajstić information content (AvgIpc) is 0.801. The molecule has 619 valence electrons. The number of amides is 1. The van der Waals surface area contributed by atoms with Crippen LogP contribution in [0.1, 0.15) is 155 Å². The van der Waals surface area contributed by atoms with E-state index in [-0.39, 0.29) is 108 Å². The van der Waals surface area contributed by atoms with Crippen molar-refractivity contribution in [2.45, 2.75) is 237 Å². The third-order valence-electron chi connectivity index (χ3n) is 12.9. The van der Waals surface area contributed by atoms with Crippen LogP contribution >= 0.6 is 47.1 Å². The maximum atomic E-state index is 11.4. The molecule has 1 heterocycles. The van der Waals surface area contributed by atoms with Gasteiger partial charge in [0.1, 0.15) is 5.78 Å². The molecular formula is C61H124Cl5N10O18Pt4Si4-2. The molecular weight excluding hydrogens is 2230 g/mol. The van der Waals surface area contributed by atoms with Crippen LogP contribution in [0.3, 0.4) is 0 Å². The van der Waals surface area contributed by atoms with Crippen molar-refractivity contribution in [2.24, 2.45) is 5.92 Å². The smallest absolute Gasteiger partial charge is 0.693 e. The summed E-state index contributed by atoms with van der Waals surface area (Å²) in [5.41, 5.74) is 15.1. The molecule has 0 saturated carbocycles. The van der Waals surface area contributed by atoms with E-state index in [1.165, 1.54) is 93.2 Å². The Kier molecular flexibility index (Phi) is 114. The quantitative estimate of drug-likeness (QED) is 0.00837. The molecule has 26 N–H and O–H groups in total. The first-order valence-corrected chi connectivity index (χ1v) is 57.9. The Morgan fingerprint density at radius 1 is 0.510 bits per heavy atom. The number of rotatable bonds is 38. The van der Waals surface area contributed by atoms with Crippen LogP contribution in [-0.2, 0) is 106 Å². The Labute approximate surface area is 674 Å². The van der Waals surface area contributed by atoms with Gasteiger partial charge in [-0.05, 0) is 120 Å². The van der Waals surface area contributed by atoms with E-state index in [0.29, 0.717) is 56.4 Å². The topological polar surface area (TPSA) is 616 Å². The monoisotopic (exact) mass is 2350 g/mol. The minimum Gasteiger partial charge on any atom is -0.693 e. The zero-order valence-electron chi connectivity index (χ0n) is 60.4. The summed E-state index contributed by atoms with van der Waals surface area (Å²) < 4.78 is 4.88. The standard InChI is InChI=1S/C17H35NO2.C13H9N.C10H18O6Si.C9H20N2O3Si.2C6H14O3Si.5ClH.6H2N.H2O.4Pt/c1-2-3-4-5-6-7-8-9-10-11-12-13-14-15-16-18-17(19)20;1-2-6-11-10(5-1)9-14-13-8-4-3-7-12(11)13;1-17(2,16)5-3-4-7(11)6-8(9(12)13)10(14)15;1-15(2,13)5-3-4-9(12)14-8(6-10)7-11;2*1-10(2,9)5-3-4-6(7)8;;;;;;;;;;;;;;;;/h18H,2-16H2,1H3,(H,19,20);1-9H;8,16H,3-6H2,1-2H3,(H,12,13)(H,14,15);8,10-11,13H,3-7H2,1-2H3;2*9H,3-5H2,1-2H3,(H,7,8);5*1H;7*1H2;;;;/q;;;-2;;;;;;;;6*-1;;+1;+2;2*+4/p-5. The number of fused-ring (bicyclic) bond motifs is 3. The number of benzene rings is 2. The molecule has 0 bridgehead atoms. The van der Waals surface area contributed by atoms with Crippen molar-refractivity contribution in [3.05, 3.63) is 103 Å². The Morgan fingerprint density at radius 2 is 0.824 bits per heavy atom. The van der Waals surface area contributed by atoms with Gasteiger partial charge in [0.2, 0.25) is 0 Å². The zero-order chi connectivity index (χ0) is 73.6. The molecule has 0 aliphatic rings. The third-order valence-corrected chi connectivity index (χ3v) is 19.2. The molecule has 0 unspecified atom stereocenters. The molecule has 0 radical (unpaired) electrons. The fraction of sp³-hybridized carbons (Fsp3) is 0.672. The first-order chi connectivity index (χ1) is 43.9. The Morgan fingerprint density at radius 3 is 1.15 bits per heavy atom. The van der Waals surface area contributed by atoms with Crippen LogP contribution in [0.25, 0.3) is 70.0 Å². The SMILES string of the molecule is CCCCCCCCCCCCCCCCNC(=O)O.C[Si](C)(O)CCCC(=O)CC(C(=O)O)C(=O)O.C[Si](C)(O)CCCC(=O)O.C[Si](C)(O)CCCC(=O)O.C[Si](C)(O)CCCC(=O)OC(C[NH-])C[NH-].O.[Cl][Pt+2][Cl].[Cl][Pt+2][Cl].[Cl][Pt].[NH2-].[NH2-].[NH2-].[NH2-].[NH2-].[NH2-].[Pt+2].c1ccc2c(c1)cnc1ccccc12. The second-order valence-electron chi connectivity index (χ2n) is 24.2. The van der Waals surface area contributed by atoms with Gasteiger partial charge in [-0.3, -0.25) is 33.8 Å². The van der Waals surface area contributed by atoms with Gasteiger partial charge in [0.25, 0.3) is 0 Å². The predicted octanol–water partition coefficient (Wildman–Crippen LogP) is 20.8. The van der Waals surface area contributed by atoms with E-state index >= 15 is 0 Å². The fourth-order valence-electron chi connectivity index (χ4n) is 8.06. The van der Waals surface area contributed by atoms with Crippen molar-refractivity contribution in [1.82, 2.24) is 10.3 Å². The minimum atomic E-state index is -2.19. The molecule has 1 aromatic heterocycles. The van der Waals surface area contributed by atoms with E-state index < -0.39 is 120 Å². The Hall–Kier alpha value is -1.05. The fourth-order valence-corrected chi connectivity index (χ4v) is 12.2. The van der Waals surface area contributed by atoms with Crippen LogP contribution < -0.4 is 5.32 Å². The number of carboxylic acids is 4. The molecule has 0 atom stereocenters. The van der Waals surface area contributed by atoms with Crippen molar-refractivity contribution in [3.63, 3.8) is 0 Å². The van der Waals surface area contributed by atoms with E-state index in [1.807, 2.05) is 63.7 Å². The van der Waals surface area contributed by atoms with Gasteiger partial charge in [0.05, 0.1) is 11.6 Å². The molecule has 0 aliphatic heterocycles. The number of unbranched alkanes of at least 4 members (excludes halogenated alkanes) is 13. The van der Waals surface area contributed by atoms with Crippen LogP contribution in [0.5, 0.6) is 0 Å². The molecule has 0 fully saturated rings. The molecule has 28 nitrogen and oxygen atoms in total. The van der Waals surface area contributed by atoms with Gasteiger partial charge in [-0.15, -0.1) is 13.1 Å². The first kappa shape index (κ1) is 133. The summed E-state index contributed by atoms with van der Waals surface area (Å²) in [6.45, 7) is 17.2. The number of ether oxygens (including phenoxy) is 1. The second-order valence-corrected chi connectivity index (χ2v) is 47.3. The van der Waals surface area contributed by atoms with Gasteiger partial charge in [-0.25, -0.2) is 4.79 Å². The number of para-hydroxylation sites is 1. The Balaban J connectivity index is -0.0000000740. The summed E-state index contributed by atoms with van der Waals surface area (Å²) >= 11 is 0.667. The number of aromatic nitrogens is 1. The normalized spacial score (nSPS) is 10.0. The zero-order valence-corrected chi connectivity index (χ0v) is 77.3. The van der Waals surface area contributed by atoms with Gasteiger partial charge in [0, 0.05) is 55.6 Å². The van der Waals surface area contributed by atoms with Crippen molar-refractivity contribution >= 4 is 144 Å². The summed E-state index contributed by atoms with van der Waals surface area (Å²) in [5.74, 6) is -6.97. The Bertz CT molecular complexity index is 2330. The summed E-state index contributed by atoms with van der Waals surface area (Å²) in [6.07, 6.45) is 21.6. The summed E-state index contributed by atoms with van der Waals surface area (Å²) in [4.78, 5) is 116. The number of pyridine rings is 1. The number of carbonyl (C=O) groups excluding carboxylic acids is 2. The maximum Gasteiger partial charge on any atom is 2.00 e. The molecule has 3 aromatic rings. The van der Waals surface area contributed by atoms with Crippen LogP contribution in [0.15, 0.2) is 54.7 Å². The van der Waals surface area contributed by atoms with E-state index in [0.717, 1.165) is 18.4 Å². The van der Waals surface area contributed by atoms with Crippen molar-refractivity contribution < 1.29 is 161 Å². The number of hydrogen-bond acceptors (Lipinski definition) is 13. The van der Waals surface area contributed by atoms with Crippen molar-refractivity contribution in [3.8, 4) is 0 Å². The van der Waals surface area contributed by atoms with Gasteiger partial charge in [-0.1, -0.05) is 133 Å². The number of ketones is 1. The van der Waals surface area contributed by atoms with E-state index in [2.05, 4.69) is 57.0 Å². The first-order valence-electron chi connectivity index (χ1n) is 31.2. The number of nitrogens with one attached hydrogen (secondary N) is 3. The van der Waals surface area contributed by atoms with Gasteiger partial charge in [-0.2, -0.15) is 0 Å². The molecule has 1 amide bonds. The average molecular weight is 2360 g/mol. The van der Waals surface area contributed by atoms with Crippen molar-refractivity contribution in [1.29, 1.82) is 0 Å². The minimum absolute atomic E-state index is 0. The maximum absolute atomic E-state index is 11.4. The number of Topliss-reactive ketones (excluding diaryl/α,β-unsaturated/α-hetero) is 1. The van der Waals surface area contributed by atoms with Gasteiger partial charge >= 0.3 is 156 Å². The molecule has 41 heteroatoms. The van der Waals surface area contributed by atoms with Gasteiger partial charge in [0.15, 0.2) is 39.2 Å². The summed E-state index contributed by atoms with van der Waals surface area (Å²) in [6, 6.07) is 19.1. The number of aliphatic carboxylic acids is 4. The number of nitrogens with zero attached hydrogens (tertiary/aromatic N) is 1. The number of carboxylic acid groups (broad SMARTS) is 5. The van der Waals surface area contributed by atoms with E-state index in [9.17, 15) is 52.7 Å². The van der Waals surface area contributed by atoms with Crippen LogP contribution in [0.4, 0.5) is 4.79 Å². The number of halogens is 5. The molecule has 0 saturated heterocycles. The molecule has 0 aliphatic carbocycles. The number of hydrogen-bond donors (Lipinski definition) is 10. The van der Waals surface area contributed by atoms with Crippen LogP contribution in [0.2, 0.25) is 76.6 Å². The number of nitrogens with two attached hydrogens (primary N) is 6. The largest absolute Gasteiger partial charge is 2.00 e. The molecule has 0 spiro atoms. The van der Waals surface area contributed by atoms with Gasteiger partial charge < -0.3 is 109 Å². The van der Waals surface area contributed by atoms with E-state index in [4.69, 9.17) is 79.4 Å². The molecule has 3 rings (SSSR count). The number of esters is 1. The third kappa shape index (κ3) is 105. The van der Waals surface area contributed by atoms with E-state index in [1.54, 1.807) is 31.9 Å². The summed E-state index contributed by atoms with van der Waals surface area (Å²) in [7, 11) is 15.9.